The third-order valence-electron chi connectivity index (χ3n) is 2.92. The number of carbonyl (C=O) groups excluding carboxylic acids is 1. The number of thioether (sulfide) groups is 1. The summed E-state index contributed by atoms with van der Waals surface area (Å²) in [5.74, 6) is -0.234. The Kier molecular flexibility index (Phi) is 5.07. The molecule has 4 heteroatoms. The molecule has 0 aromatic heterocycles. The van der Waals surface area contributed by atoms with Crippen LogP contribution in [-0.4, -0.2) is 18.3 Å². The van der Waals surface area contributed by atoms with Crippen LogP contribution in [-0.2, 0) is 16.0 Å². The molecule has 0 aliphatic rings. The lowest BCUT2D eigenvalue weighted by Crippen LogP contribution is -2.21. The minimum Gasteiger partial charge on any atom is -0.468 e. The molecule has 104 valence electrons. The Morgan fingerprint density at radius 2 is 1.80 bits per heavy atom. The normalized spacial score (nSPS) is 11.8. The van der Waals surface area contributed by atoms with Crippen molar-refractivity contribution in [2.45, 2.75) is 16.6 Å². The summed E-state index contributed by atoms with van der Waals surface area (Å²) in [6.07, 6.45) is 0.618. The number of carbonyl (C=O) groups is 1. The van der Waals surface area contributed by atoms with Crippen LogP contribution in [0, 0.1) is 0 Å². The molecule has 20 heavy (non-hydrogen) atoms. The molecular formula is C16H17NO2S. The Morgan fingerprint density at radius 1 is 1.15 bits per heavy atom. The van der Waals surface area contributed by atoms with E-state index in [1.54, 1.807) is 0 Å². The number of rotatable bonds is 5. The molecule has 2 aromatic rings. The summed E-state index contributed by atoms with van der Waals surface area (Å²) in [6, 6.07) is 17.4. The van der Waals surface area contributed by atoms with Gasteiger partial charge in [0, 0.05) is 10.6 Å². The van der Waals surface area contributed by atoms with Crippen LogP contribution < -0.4 is 5.73 Å². The summed E-state index contributed by atoms with van der Waals surface area (Å²) < 4.78 is 4.90. The van der Waals surface area contributed by atoms with Crippen LogP contribution in [0.25, 0.3) is 0 Å². The van der Waals surface area contributed by atoms with Gasteiger partial charge in [0.2, 0.25) is 0 Å². The molecule has 0 radical (unpaired) electrons. The van der Waals surface area contributed by atoms with E-state index in [2.05, 4.69) is 0 Å². The molecular weight excluding hydrogens is 270 g/mol. The number of ether oxygens (including phenoxy) is 1. The minimum absolute atomic E-state index is 0.234. The first-order chi connectivity index (χ1) is 9.70. The van der Waals surface area contributed by atoms with Gasteiger partial charge in [0.1, 0.15) is 5.25 Å². The standard InChI is InChI=1S/C16H17NO2S/c1-19-16(18)15(11-12-7-3-2-4-8-12)20-14-10-6-5-9-13(14)17/h2-10,15H,11,17H2,1H3/t15-/m1/s1. The van der Waals surface area contributed by atoms with Crippen molar-refractivity contribution in [1.82, 2.24) is 0 Å². The topological polar surface area (TPSA) is 52.3 Å². The van der Waals surface area contributed by atoms with Gasteiger partial charge in [0.05, 0.1) is 7.11 Å². The zero-order chi connectivity index (χ0) is 14.4. The fraction of sp³-hybridized carbons (Fsp3) is 0.188. The van der Waals surface area contributed by atoms with Crippen molar-refractivity contribution < 1.29 is 9.53 Å². The molecule has 0 saturated carbocycles. The molecule has 2 aromatic carbocycles. The highest BCUT2D eigenvalue weighted by atomic mass is 32.2. The summed E-state index contributed by atoms with van der Waals surface area (Å²) in [6.45, 7) is 0. The highest BCUT2D eigenvalue weighted by Gasteiger charge is 2.21. The van der Waals surface area contributed by atoms with Crippen LogP contribution in [0.4, 0.5) is 5.69 Å². The van der Waals surface area contributed by atoms with Crippen molar-refractivity contribution in [2.75, 3.05) is 12.8 Å². The van der Waals surface area contributed by atoms with E-state index in [-0.39, 0.29) is 11.2 Å². The molecule has 0 bridgehead atoms. The average molecular weight is 287 g/mol. The van der Waals surface area contributed by atoms with Crippen LogP contribution in [0.2, 0.25) is 0 Å². The lowest BCUT2D eigenvalue weighted by Gasteiger charge is -2.15. The molecule has 0 heterocycles. The Bertz CT molecular complexity index is 572. The maximum Gasteiger partial charge on any atom is 0.319 e. The highest BCUT2D eigenvalue weighted by Crippen LogP contribution is 2.30. The van der Waals surface area contributed by atoms with Crippen molar-refractivity contribution in [3.8, 4) is 0 Å². The van der Waals surface area contributed by atoms with Crippen LogP contribution in [0.5, 0.6) is 0 Å². The summed E-state index contributed by atoms with van der Waals surface area (Å²) in [5, 5.41) is -0.299. The number of methoxy groups -OCH3 is 1. The summed E-state index contributed by atoms with van der Waals surface area (Å²) >= 11 is 1.44. The van der Waals surface area contributed by atoms with Crippen LogP contribution in [0.1, 0.15) is 5.56 Å². The Morgan fingerprint density at radius 3 is 2.45 bits per heavy atom. The number of para-hydroxylation sites is 1. The molecule has 2 N–H and O–H groups in total. The fourth-order valence-corrected chi connectivity index (χ4v) is 3.01. The number of hydrogen-bond acceptors (Lipinski definition) is 4. The molecule has 0 aliphatic carbocycles. The molecule has 0 amide bonds. The molecule has 0 spiro atoms. The maximum absolute atomic E-state index is 11.9. The van der Waals surface area contributed by atoms with E-state index < -0.39 is 0 Å². The van der Waals surface area contributed by atoms with Gasteiger partial charge >= 0.3 is 5.97 Å². The maximum atomic E-state index is 11.9. The molecule has 1 atom stereocenters. The van der Waals surface area contributed by atoms with E-state index in [9.17, 15) is 4.79 Å². The van der Waals surface area contributed by atoms with Gasteiger partial charge in [-0.25, -0.2) is 0 Å². The highest BCUT2D eigenvalue weighted by molar-refractivity contribution is 8.00. The van der Waals surface area contributed by atoms with E-state index in [1.807, 2.05) is 54.6 Å². The second-order valence-corrected chi connectivity index (χ2v) is 5.60. The fourth-order valence-electron chi connectivity index (χ4n) is 1.87. The third-order valence-corrected chi connectivity index (χ3v) is 4.19. The van der Waals surface area contributed by atoms with Gasteiger partial charge in [0.25, 0.3) is 0 Å². The van der Waals surface area contributed by atoms with Gasteiger partial charge in [-0.05, 0) is 24.1 Å². The first-order valence-electron chi connectivity index (χ1n) is 6.33. The van der Waals surface area contributed by atoms with Crippen LogP contribution >= 0.6 is 11.8 Å². The Labute approximate surface area is 123 Å². The van der Waals surface area contributed by atoms with Gasteiger partial charge in [-0.3, -0.25) is 4.79 Å². The first kappa shape index (κ1) is 14.5. The zero-order valence-corrected chi connectivity index (χ0v) is 12.1. The van der Waals surface area contributed by atoms with Crippen LogP contribution in [0.15, 0.2) is 59.5 Å². The monoisotopic (exact) mass is 287 g/mol. The summed E-state index contributed by atoms with van der Waals surface area (Å²) in [5.41, 5.74) is 7.71. The molecule has 3 nitrogen and oxygen atoms in total. The SMILES string of the molecule is COC(=O)[C@@H](Cc1ccccc1)Sc1ccccc1N. The predicted octanol–water partition coefficient (Wildman–Crippen LogP) is 3.15. The second-order valence-electron chi connectivity index (χ2n) is 4.36. The van der Waals surface area contributed by atoms with Crippen molar-refractivity contribution in [3.63, 3.8) is 0 Å². The predicted molar refractivity (Wildman–Crippen MR) is 82.7 cm³/mol. The number of benzene rings is 2. The number of nitrogens with two attached hydrogens (primary N) is 1. The van der Waals surface area contributed by atoms with Crippen molar-refractivity contribution in [1.29, 1.82) is 0 Å². The quantitative estimate of drug-likeness (QED) is 0.521. The molecule has 0 fully saturated rings. The van der Waals surface area contributed by atoms with Crippen molar-refractivity contribution in [2.24, 2.45) is 0 Å². The van der Waals surface area contributed by atoms with E-state index in [4.69, 9.17) is 10.5 Å². The summed E-state index contributed by atoms with van der Waals surface area (Å²) in [4.78, 5) is 12.8. The van der Waals surface area contributed by atoms with Crippen molar-refractivity contribution >= 4 is 23.4 Å². The molecule has 0 saturated heterocycles. The van der Waals surface area contributed by atoms with Crippen LogP contribution in [0.3, 0.4) is 0 Å². The van der Waals surface area contributed by atoms with Gasteiger partial charge in [-0.1, -0.05) is 42.5 Å². The lowest BCUT2D eigenvalue weighted by molar-refractivity contribution is -0.139. The smallest absolute Gasteiger partial charge is 0.319 e. The number of anilines is 1. The van der Waals surface area contributed by atoms with E-state index >= 15 is 0 Å². The van der Waals surface area contributed by atoms with Gasteiger partial charge < -0.3 is 10.5 Å². The molecule has 0 aliphatic heterocycles. The number of nitrogen functional groups attached to an aromatic ring is 1. The largest absolute Gasteiger partial charge is 0.468 e. The van der Waals surface area contributed by atoms with Gasteiger partial charge in [-0.15, -0.1) is 11.8 Å². The van der Waals surface area contributed by atoms with Gasteiger partial charge in [0.15, 0.2) is 0 Å². The molecule has 2 rings (SSSR count). The molecule has 0 unspecified atom stereocenters. The average Bonchev–Trinajstić information content (AvgIpc) is 2.49. The third kappa shape index (κ3) is 3.78. The van der Waals surface area contributed by atoms with E-state index in [0.29, 0.717) is 12.1 Å². The Hall–Kier alpha value is -1.94. The number of hydrogen-bond donors (Lipinski definition) is 1. The second kappa shape index (κ2) is 7.01. The van der Waals surface area contributed by atoms with Crippen molar-refractivity contribution in [3.05, 3.63) is 60.2 Å². The Balaban J connectivity index is 2.16. The zero-order valence-electron chi connectivity index (χ0n) is 11.3. The van der Waals surface area contributed by atoms with Gasteiger partial charge in [-0.2, -0.15) is 0 Å². The minimum atomic E-state index is -0.299. The van der Waals surface area contributed by atoms with E-state index in [1.165, 1.54) is 18.9 Å². The summed E-state index contributed by atoms with van der Waals surface area (Å²) in [7, 11) is 1.41. The first-order valence-corrected chi connectivity index (χ1v) is 7.21. The number of esters is 1. The van der Waals surface area contributed by atoms with E-state index in [0.717, 1.165) is 10.5 Å². The lowest BCUT2D eigenvalue weighted by atomic mass is 10.1.